The lowest BCUT2D eigenvalue weighted by Gasteiger charge is -2.11. The highest BCUT2D eigenvalue weighted by atomic mass is 16.3. The van der Waals surface area contributed by atoms with Gasteiger partial charge < -0.3 is 4.42 Å². The molecule has 0 saturated carbocycles. The SMILES string of the molecule is c1ccc(-c2nc(-n3c4ccc5ccccc5c4c4c5cc6ccccc6c6c7ccccc7n(c56)c43)cc3c2oc2ccccc23)cc1. The minimum atomic E-state index is 0.804. The second kappa shape index (κ2) is 9.03. The molecule has 5 heterocycles. The lowest BCUT2D eigenvalue weighted by atomic mass is 9.99. The number of fused-ring (bicyclic) bond motifs is 15. The molecule has 0 spiro atoms. The maximum atomic E-state index is 6.56. The summed E-state index contributed by atoms with van der Waals surface area (Å²) in [7, 11) is 0. The molecular weight excluding hydrogens is 599 g/mol. The van der Waals surface area contributed by atoms with Gasteiger partial charge in [-0.15, -0.1) is 0 Å². The number of rotatable bonds is 2. The van der Waals surface area contributed by atoms with Crippen molar-refractivity contribution in [1.29, 1.82) is 0 Å². The molecule has 226 valence electrons. The third-order valence-electron chi connectivity index (χ3n) is 10.6. The second-order valence-electron chi connectivity index (χ2n) is 13.1. The van der Waals surface area contributed by atoms with E-state index in [4.69, 9.17) is 9.40 Å². The number of para-hydroxylation sites is 2. The number of hydrogen-bond donors (Lipinski definition) is 0. The van der Waals surface area contributed by atoms with Crippen molar-refractivity contribution in [1.82, 2.24) is 14.0 Å². The Hall–Kier alpha value is -6.65. The van der Waals surface area contributed by atoms with Crippen LogP contribution in [0.25, 0.3) is 110 Å². The highest BCUT2D eigenvalue weighted by Gasteiger charge is 2.28. The maximum absolute atomic E-state index is 6.56. The van der Waals surface area contributed by atoms with Gasteiger partial charge in [0.2, 0.25) is 0 Å². The van der Waals surface area contributed by atoms with Gasteiger partial charge in [-0.1, -0.05) is 121 Å². The molecule has 0 amide bonds. The van der Waals surface area contributed by atoms with Gasteiger partial charge in [0.1, 0.15) is 22.7 Å². The number of hydrogen-bond acceptors (Lipinski definition) is 2. The normalized spacial score (nSPS) is 12.5. The molecule has 0 N–H and O–H groups in total. The first-order valence-corrected chi connectivity index (χ1v) is 16.7. The van der Waals surface area contributed by atoms with E-state index < -0.39 is 0 Å². The van der Waals surface area contributed by atoms with Crippen molar-refractivity contribution in [2.24, 2.45) is 0 Å². The Morgan fingerprint density at radius 1 is 0.469 bits per heavy atom. The minimum absolute atomic E-state index is 0.804. The molecule has 0 saturated heterocycles. The summed E-state index contributed by atoms with van der Waals surface area (Å²) in [6.45, 7) is 0. The van der Waals surface area contributed by atoms with E-state index in [1.165, 1.54) is 59.5 Å². The van der Waals surface area contributed by atoms with Gasteiger partial charge in [-0.3, -0.25) is 8.97 Å². The summed E-state index contributed by atoms with van der Waals surface area (Å²) >= 11 is 0. The molecule has 0 unspecified atom stereocenters. The molecular formula is C45H25N3O. The van der Waals surface area contributed by atoms with E-state index in [1.807, 2.05) is 18.2 Å². The van der Waals surface area contributed by atoms with Gasteiger partial charge in [-0.25, -0.2) is 4.98 Å². The molecule has 49 heavy (non-hydrogen) atoms. The third-order valence-corrected chi connectivity index (χ3v) is 10.6. The lowest BCUT2D eigenvalue weighted by molar-refractivity contribution is 0.668. The Morgan fingerprint density at radius 2 is 1.16 bits per heavy atom. The topological polar surface area (TPSA) is 35.4 Å². The van der Waals surface area contributed by atoms with E-state index in [1.54, 1.807) is 0 Å². The quantitative estimate of drug-likeness (QED) is 0.192. The number of furan rings is 1. The van der Waals surface area contributed by atoms with E-state index >= 15 is 0 Å². The average Bonchev–Trinajstić information content (AvgIpc) is 3.89. The van der Waals surface area contributed by atoms with Crippen LogP contribution in [0.1, 0.15) is 0 Å². The third kappa shape index (κ3) is 3.16. The van der Waals surface area contributed by atoms with Crippen LogP contribution in [-0.2, 0) is 0 Å². The molecule has 0 atom stereocenters. The van der Waals surface area contributed by atoms with Gasteiger partial charge in [0.05, 0.1) is 16.6 Å². The molecule has 7 aromatic carbocycles. The predicted molar refractivity (Wildman–Crippen MR) is 203 cm³/mol. The van der Waals surface area contributed by atoms with Crippen LogP contribution in [0.15, 0.2) is 156 Å². The fraction of sp³-hybridized carbons (Fsp3) is 0. The van der Waals surface area contributed by atoms with Crippen molar-refractivity contribution < 1.29 is 4.42 Å². The zero-order chi connectivity index (χ0) is 31.8. The van der Waals surface area contributed by atoms with Crippen molar-refractivity contribution in [2.45, 2.75) is 0 Å². The average molecular weight is 624 g/mol. The Bertz CT molecular complexity index is 3330. The fourth-order valence-electron chi connectivity index (χ4n) is 8.62. The largest absolute Gasteiger partial charge is 0.454 e. The molecule has 0 aliphatic heterocycles. The molecule has 12 rings (SSSR count). The summed E-state index contributed by atoms with van der Waals surface area (Å²) in [4.78, 5) is 5.52. The van der Waals surface area contributed by atoms with Crippen molar-refractivity contribution in [3.05, 3.63) is 152 Å². The number of benzene rings is 7. The van der Waals surface area contributed by atoms with Crippen LogP contribution in [0, 0.1) is 0 Å². The first-order chi connectivity index (χ1) is 24.3. The maximum Gasteiger partial charge on any atom is 0.161 e. The van der Waals surface area contributed by atoms with Crippen LogP contribution in [0.4, 0.5) is 0 Å². The Morgan fingerprint density at radius 3 is 2.02 bits per heavy atom. The van der Waals surface area contributed by atoms with E-state index in [-0.39, 0.29) is 0 Å². The minimum Gasteiger partial charge on any atom is -0.454 e. The van der Waals surface area contributed by atoms with Crippen molar-refractivity contribution >= 4 is 92.6 Å². The standard InChI is InChI=1S/C45H25N3O/c1-2-13-27(14-3-1)42-44-33(31-18-9-11-21-37(31)49-44)25-38(46-42)47-36-23-22-26-12-4-6-16-29(26)40(36)41-34-24-28-15-5-7-17-30(28)39-32-19-8-10-20-35(32)48(43(34)39)45(41)47/h1-25H. The Kier molecular flexibility index (Phi) is 4.69. The number of nitrogens with zero attached hydrogens (tertiary/aromatic N) is 3. The zero-order valence-electron chi connectivity index (χ0n) is 26.2. The number of pyridine rings is 1. The zero-order valence-corrected chi connectivity index (χ0v) is 26.2. The summed E-state index contributed by atoms with van der Waals surface area (Å²) in [5.74, 6) is 0.864. The molecule has 0 aliphatic carbocycles. The monoisotopic (exact) mass is 623 g/mol. The van der Waals surface area contributed by atoms with Gasteiger partial charge >= 0.3 is 0 Å². The highest BCUT2D eigenvalue weighted by molar-refractivity contribution is 6.37. The first-order valence-electron chi connectivity index (χ1n) is 16.7. The van der Waals surface area contributed by atoms with Crippen LogP contribution in [0.3, 0.4) is 0 Å². The first kappa shape index (κ1) is 25.4. The molecule has 0 aliphatic rings. The highest BCUT2D eigenvalue weighted by Crippen LogP contribution is 2.48. The van der Waals surface area contributed by atoms with Crippen LogP contribution in [0.5, 0.6) is 0 Å². The molecule has 4 heteroatoms. The van der Waals surface area contributed by atoms with E-state index in [2.05, 4.69) is 142 Å². The Balaban J connectivity index is 1.37. The van der Waals surface area contributed by atoms with Crippen molar-refractivity contribution in [3.63, 3.8) is 0 Å². The van der Waals surface area contributed by atoms with Crippen molar-refractivity contribution in [3.8, 4) is 17.1 Å². The smallest absolute Gasteiger partial charge is 0.161 e. The van der Waals surface area contributed by atoms with E-state index in [0.717, 1.165) is 50.2 Å². The summed E-state index contributed by atoms with van der Waals surface area (Å²) in [6.07, 6.45) is 0. The lowest BCUT2D eigenvalue weighted by Crippen LogP contribution is -2.01. The summed E-state index contributed by atoms with van der Waals surface area (Å²) in [5, 5.41) is 13.5. The number of aromatic nitrogens is 3. The van der Waals surface area contributed by atoms with Crippen molar-refractivity contribution in [2.75, 3.05) is 0 Å². The molecule has 4 nitrogen and oxygen atoms in total. The second-order valence-corrected chi connectivity index (χ2v) is 13.1. The van der Waals surface area contributed by atoms with Crippen LogP contribution in [-0.4, -0.2) is 14.0 Å². The molecule has 0 bridgehead atoms. The van der Waals surface area contributed by atoms with Gasteiger partial charge in [-0.2, -0.15) is 0 Å². The van der Waals surface area contributed by atoms with Gasteiger partial charge in [0.25, 0.3) is 0 Å². The van der Waals surface area contributed by atoms with E-state index in [9.17, 15) is 0 Å². The molecule has 5 aromatic heterocycles. The van der Waals surface area contributed by atoms with Gasteiger partial charge in [0, 0.05) is 43.3 Å². The summed E-state index contributed by atoms with van der Waals surface area (Å²) in [6, 6.07) is 54.3. The van der Waals surface area contributed by atoms with E-state index in [0.29, 0.717) is 0 Å². The van der Waals surface area contributed by atoms with Gasteiger partial charge in [0.15, 0.2) is 5.58 Å². The molecule has 0 radical (unpaired) electrons. The summed E-state index contributed by atoms with van der Waals surface area (Å²) in [5.41, 5.74) is 8.23. The molecule has 0 fully saturated rings. The summed E-state index contributed by atoms with van der Waals surface area (Å²) < 4.78 is 11.5. The molecule has 12 aromatic rings. The predicted octanol–water partition coefficient (Wildman–Crippen LogP) is 12.0. The Labute approximate surface area is 279 Å². The van der Waals surface area contributed by atoms with Crippen LogP contribution in [0.2, 0.25) is 0 Å². The van der Waals surface area contributed by atoms with Crippen LogP contribution >= 0.6 is 0 Å². The van der Waals surface area contributed by atoms with Gasteiger partial charge in [-0.05, 0) is 51.9 Å². The van der Waals surface area contributed by atoms with Crippen LogP contribution < -0.4 is 0 Å². The fourth-order valence-corrected chi connectivity index (χ4v) is 8.62.